The lowest BCUT2D eigenvalue weighted by atomic mass is 10.1. The Morgan fingerprint density at radius 1 is 1.08 bits per heavy atom. The third-order valence-electron chi connectivity index (χ3n) is 3.55. The van der Waals surface area contributed by atoms with Crippen LogP contribution in [-0.4, -0.2) is 25.4 Å². The van der Waals surface area contributed by atoms with Crippen LogP contribution in [0.25, 0.3) is 0 Å². The average Bonchev–Trinajstić information content (AvgIpc) is 2.87. The van der Waals surface area contributed by atoms with Gasteiger partial charge in [0.1, 0.15) is 0 Å². The van der Waals surface area contributed by atoms with Crippen molar-refractivity contribution in [3.8, 4) is 23.0 Å². The van der Waals surface area contributed by atoms with E-state index >= 15 is 0 Å². The molecule has 0 bridgehead atoms. The number of rotatable bonds is 5. The molecule has 8 heteroatoms. The molecular formula is C18H17F2NO5. The van der Waals surface area contributed by atoms with Crippen LogP contribution in [0, 0.1) is 0 Å². The summed E-state index contributed by atoms with van der Waals surface area (Å²) >= 11 is 0. The molecule has 6 nitrogen and oxygen atoms in total. The van der Waals surface area contributed by atoms with E-state index in [0.717, 1.165) is 0 Å². The predicted molar refractivity (Wildman–Crippen MR) is 89.4 cm³/mol. The van der Waals surface area contributed by atoms with Crippen molar-refractivity contribution in [2.75, 3.05) is 12.4 Å². The number of carbonyl (C=O) groups excluding carboxylic acids is 1. The van der Waals surface area contributed by atoms with Crippen molar-refractivity contribution >= 4 is 11.6 Å². The number of benzene rings is 2. The number of fused-ring (bicyclic) bond motifs is 1. The largest absolute Gasteiger partial charge is 0.493 e. The normalized spacial score (nSPS) is 14.2. The summed E-state index contributed by atoms with van der Waals surface area (Å²) in [4.78, 5) is 12.4. The van der Waals surface area contributed by atoms with Crippen LogP contribution in [0.2, 0.25) is 0 Å². The van der Waals surface area contributed by atoms with Crippen molar-refractivity contribution in [2.45, 2.75) is 26.2 Å². The van der Waals surface area contributed by atoms with E-state index in [1.54, 1.807) is 32.0 Å². The van der Waals surface area contributed by atoms with Crippen LogP contribution < -0.4 is 24.3 Å². The number of ether oxygens (including phenoxy) is 4. The third kappa shape index (κ3) is 3.79. The molecule has 0 saturated carbocycles. The van der Waals surface area contributed by atoms with Crippen molar-refractivity contribution in [3.63, 3.8) is 0 Å². The summed E-state index contributed by atoms with van der Waals surface area (Å²) in [5.74, 6) is -0.309. The zero-order chi connectivity index (χ0) is 18.9. The fourth-order valence-electron chi connectivity index (χ4n) is 2.51. The second-order valence-corrected chi connectivity index (χ2v) is 5.96. The van der Waals surface area contributed by atoms with Gasteiger partial charge in [-0.2, -0.15) is 8.78 Å². The first-order valence-electron chi connectivity index (χ1n) is 7.74. The van der Waals surface area contributed by atoms with Gasteiger partial charge in [0.2, 0.25) is 5.79 Å². The van der Waals surface area contributed by atoms with Crippen molar-refractivity contribution in [3.05, 3.63) is 42.0 Å². The number of nitrogens with one attached hydrogen (secondary N) is 1. The topological polar surface area (TPSA) is 66.0 Å². The Balaban J connectivity index is 1.79. The average molecular weight is 365 g/mol. The summed E-state index contributed by atoms with van der Waals surface area (Å²) < 4.78 is 45.5. The van der Waals surface area contributed by atoms with E-state index in [1.165, 1.54) is 25.3 Å². The number of methoxy groups -OCH3 is 1. The second-order valence-electron chi connectivity index (χ2n) is 5.96. The molecule has 0 atom stereocenters. The third-order valence-corrected chi connectivity index (χ3v) is 3.55. The van der Waals surface area contributed by atoms with Crippen molar-refractivity contribution < 1.29 is 32.5 Å². The maximum absolute atomic E-state index is 12.5. The van der Waals surface area contributed by atoms with E-state index in [-0.39, 0.29) is 17.1 Å². The molecule has 2 aromatic rings. The van der Waals surface area contributed by atoms with Gasteiger partial charge in [0.05, 0.1) is 7.11 Å². The number of alkyl halides is 2. The molecule has 1 N–H and O–H groups in total. The molecule has 138 valence electrons. The summed E-state index contributed by atoms with van der Waals surface area (Å²) in [6, 6.07) is 8.98. The van der Waals surface area contributed by atoms with E-state index in [2.05, 4.69) is 10.1 Å². The lowest BCUT2D eigenvalue weighted by Gasteiger charge is -2.16. The molecule has 0 radical (unpaired) electrons. The minimum Gasteiger partial charge on any atom is -0.493 e. The molecule has 1 amide bonds. The Morgan fingerprint density at radius 2 is 1.81 bits per heavy atom. The van der Waals surface area contributed by atoms with E-state index < -0.39 is 18.3 Å². The molecule has 0 aromatic heterocycles. The highest BCUT2D eigenvalue weighted by Crippen LogP contribution is 2.40. The highest BCUT2D eigenvalue weighted by molar-refractivity contribution is 6.04. The van der Waals surface area contributed by atoms with Crippen LogP contribution in [0.1, 0.15) is 24.2 Å². The van der Waals surface area contributed by atoms with Gasteiger partial charge in [-0.1, -0.05) is 0 Å². The van der Waals surface area contributed by atoms with E-state index in [1.807, 2.05) is 0 Å². The Kier molecular flexibility index (Phi) is 4.58. The summed E-state index contributed by atoms with van der Waals surface area (Å²) in [5.41, 5.74) is 0.613. The fraction of sp³-hybridized carbons (Fsp3) is 0.278. The zero-order valence-corrected chi connectivity index (χ0v) is 14.3. The van der Waals surface area contributed by atoms with E-state index in [9.17, 15) is 13.6 Å². The number of anilines is 1. The first kappa shape index (κ1) is 17.8. The summed E-state index contributed by atoms with van der Waals surface area (Å²) in [7, 11) is 1.32. The van der Waals surface area contributed by atoms with Gasteiger partial charge in [-0.25, -0.2) is 0 Å². The van der Waals surface area contributed by atoms with Crippen molar-refractivity contribution in [2.24, 2.45) is 0 Å². The SMILES string of the molecule is COc1ccc(C(=O)Nc2ccc3c(c2)OC(C)(C)O3)cc1OC(F)F. The zero-order valence-electron chi connectivity index (χ0n) is 14.3. The number of carbonyl (C=O) groups is 1. The van der Waals surface area contributed by atoms with E-state index in [0.29, 0.717) is 17.2 Å². The van der Waals surface area contributed by atoms with Gasteiger partial charge < -0.3 is 24.3 Å². The van der Waals surface area contributed by atoms with Crippen LogP contribution in [0.15, 0.2) is 36.4 Å². The van der Waals surface area contributed by atoms with Crippen LogP contribution in [0.4, 0.5) is 14.5 Å². The van der Waals surface area contributed by atoms with E-state index in [4.69, 9.17) is 14.2 Å². The molecule has 0 aliphatic carbocycles. The molecule has 2 aromatic carbocycles. The molecule has 0 saturated heterocycles. The molecule has 26 heavy (non-hydrogen) atoms. The van der Waals surface area contributed by atoms with Crippen LogP contribution in [-0.2, 0) is 0 Å². The van der Waals surface area contributed by atoms with Crippen LogP contribution in [0.3, 0.4) is 0 Å². The van der Waals surface area contributed by atoms with Gasteiger partial charge in [-0.15, -0.1) is 0 Å². The number of hydrogen-bond donors (Lipinski definition) is 1. The Labute approximate surface area is 148 Å². The highest BCUT2D eigenvalue weighted by atomic mass is 19.3. The Morgan fingerprint density at radius 3 is 2.50 bits per heavy atom. The van der Waals surface area contributed by atoms with Gasteiger partial charge in [-0.05, 0) is 30.3 Å². The predicted octanol–water partition coefficient (Wildman–Crippen LogP) is 4.06. The van der Waals surface area contributed by atoms with Gasteiger partial charge in [0.15, 0.2) is 23.0 Å². The molecule has 1 heterocycles. The smallest absolute Gasteiger partial charge is 0.387 e. The quantitative estimate of drug-likeness (QED) is 0.866. The lowest BCUT2D eigenvalue weighted by molar-refractivity contribution is -0.0512. The van der Waals surface area contributed by atoms with Gasteiger partial charge >= 0.3 is 6.61 Å². The Bertz CT molecular complexity index is 838. The Hall–Kier alpha value is -3.03. The second kappa shape index (κ2) is 6.70. The minimum atomic E-state index is -3.03. The van der Waals surface area contributed by atoms with Crippen molar-refractivity contribution in [1.29, 1.82) is 0 Å². The maximum Gasteiger partial charge on any atom is 0.387 e. The maximum atomic E-state index is 12.5. The van der Waals surface area contributed by atoms with Gasteiger partial charge in [-0.3, -0.25) is 4.79 Å². The molecule has 0 unspecified atom stereocenters. The van der Waals surface area contributed by atoms with Gasteiger partial charge in [0.25, 0.3) is 5.91 Å². The summed E-state index contributed by atoms with van der Waals surface area (Å²) in [6.07, 6.45) is 0. The van der Waals surface area contributed by atoms with Crippen molar-refractivity contribution in [1.82, 2.24) is 0 Å². The first-order chi connectivity index (χ1) is 12.3. The fourth-order valence-corrected chi connectivity index (χ4v) is 2.51. The summed E-state index contributed by atoms with van der Waals surface area (Å²) in [5, 5.41) is 2.67. The number of halogens is 2. The monoisotopic (exact) mass is 365 g/mol. The van der Waals surface area contributed by atoms with Crippen LogP contribution in [0.5, 0.6) is 23.0 Å². The molecule has 0 fully saturated rings. The lowest BCUT2D eigenvalue weighted by Crippen LogP contribution is -2.29. The first-order valence-corrected chi connectivity index (χ1v) is 7.74. The standard InChI is InChI=1S/C18H17F2NO5/c1-18(2)25-13-7-5-11(9-15(13)26-18)21-16(22)10-4-6-12(23-3)14(8-10)24-17(19)20/h4-9,17H,1-3H3,(H,21,22). The number of hydrogen-bond acceptors (Lipinski definition) is 5. The molecule has 1 aliphatic heterocycles. The molecule has 0 spiro atoms. The minimum absolute atomic E-state index is 0.104. The number of amides is 1. The molecule has 1 aliphatic rings. The highest BCUT2D eigenvalue weighted by Gasteiger charge is 2.31. The molecular weight excluding hydrogens is 348 g/mol. The van der Waals surface area contributed by atoms with Crippen LogP contribution >= 0.6 is 0 Å². The molecule has 3 rings (SSSR count). The van der Waals surface area contributed by atoms with Gasteiger partial charge in [0, 0.05) is 31.2 Å². The summed E-state index contributed by atoms with van der Waals surface area (Å²) in [6.45, 7) is 0.514.